The average Bonchev–Trinajstić information content (AvgIpc) is 2.40. The van der Waals surface area contributed by atoms with Crippen LogP contribution in [0.1, 0.15) is 5.56 Å². The smallest absolute Gasteiger partial charge is 0.481 e. The molecular formula is C15H9F5O3. The second kappa shape index (κ2) is 6.23. The van der Waals surface area contributed by atoms with Gasteiger partial charge in [0.1, 0.15) is 17.4 Å². The number of alkyl halides is 3. The van der Waals surface area contributed by atoms with Crippen LogP contribution in [-0.2, 0) is 11.2 Å². The molecule has 0 saturated heterocycles. The van der Waals surface area contributed by atoms with E-state index in [0.29, 0.717) is 6.07 Å². The molecule has 0 aliphatic carbocycles. The summed E-state index contributed by atoms with van der Waals surface area (Å²) >= 11 is 0. The Hall–Kier alpha value is -2.64. The predicted octanol–water partition coefficient (Wildman–Crippen LogP) is 4.16. The maximum Gasteiger partial charge on any atom is 0.573 e. The van der Waals surface area contributed by atoms with E-state index in [-0.39, 0.29) is 16.7 Å². The summed E-state index contributed by atoms with van der Waals surface area (Å²) in [4.78, 5) is 10.6. The van der Waals surface area contributed by atoms with Gasteiger partial charge >= 0.3 is 12.3 Å². The van der Waals surface area contributed by atoms with Gasteiger partial charge in [0.15, 0.2) is 0 Å². The third-order valence-corrected chi connectivity index (χ3v) is 2.86. The van der Waals surface area contributed by atoms with Crippen molar-refractivity contribution < 1.29 is 36.6 Å². The summed E-state index contributed by atoms with van der Waals surface area (Å²) in [5, 5.41) is 8.60. The Balaban J connectivity index is 2.40. The van der Waals surface area contributed by atoms with Crippen LogP contribution in [0.25, 0.3) is 11.1 Å². The Morgan fingerprint density at radius 1 is 1.09 bits per heavy atom. The van der Waals surface area contributed by atoms with Gasteiger partial charge in [-0.05, 0) is 29.8 Å². The third-order valence-electron chi connectivity index (χ3n) is 2.86. The molecule has 0 fully saturated rings. The normalized spacial score (nSPS) is 11.3. The molecule has 0 heterocycles. The number of hydrogen-bond donors (Lipinski definition) is 1. The van der Waals surface area contributed by atoms with Crippen molar-refractivity contribution >= 4 is 5.97 Å². The molecule has 0 atom stereocenters. The van der Waals surface area contributed by atoms with Gasteiger partial charge in [0, 0.05) is 11.1 Å². The third kappa shape index (κ3) is 4.41. The second-order valence-electron chi connectivity index (χ2n) is 4.57. The fraction of sp³-hybridized carbons (Fsp3) is 0.133. The number of carboxylic acids is 1. The van der Waals surface area contributed by atoms with E-state index in [1.165, 1.54) is 12.1 Å². The predicted molar refractivity (Wildman–Crippen MR) is 69.8 cm³/mol. The summed E-state index contributed by atoms with van der Waals surface area (Å²) in [5.41, 5.74) is -0.698. The van der Waals surface area contributed by atoms with Crippen LogP contribution in [-0.4, -0.2) is 17.4 Å². The van der Waals surface area contributed by atoms with Crippen molar-refractivity contribution in [2.75, 3.05) is 0 Å². The Kier molecular flexibility index (Phi) is 4.53. The number of ether oxygens (including phenoxy) is 1. The van der Waals surface area contributed by atoms with Crippen molar-refractivity contribution in [3.8, 4) is 16.9 Å². The van der Waals surface area contributed by atoms with E-state index in [4.69, 9.17) is 5.11 Å². The molecule has 3 nitrogen and oxygen atoms in total. The van der Waals surface area contributed by atoms with E-state index in [9.17, 15) is 26.7 Å². The first-order valence-corrected chi connectivity index (χ1v) is 6.21. The molecule has 1 N–H and O–H groups in total. The number of halogens is 5. The zero-order valence-corrected chi connectivity index (χ0v) is 11.3. The number of aliphatic carboxylic acids is 1. The van der Waals surface area contributed by atoms with Crippen LogP contribution in [0.15, 0.2) is 36.4 Å². The summed E-state index contributed by atoms with van der Waals surface area (Å²) in [6.07, 6.45) is -5.62. The summed E-state index contributed by atoms with van der Waals surface area (Å²) < 4.78 is 68.1. The van der Waals surface area contributed by atoms with Crippen LogP contribution in [0.3, 0.4) is 0 Å². The van der Waals surface area contributed by atoms with Crippen LogP contribution in [0.2, 0.25) is 0 Å². The van der Waals surface area contributed by atoms with Crippen LogP contribution in [0.5, 0.6) is 5.75 Å². The molecule has 2 aromatic rings. The number of rotatable bonds is 4. The number of carboxylic acid groups (broad SMARTS) is 1. The Morgan fingerprint density at radius 3 is 2.39 bits per heavy atom. The van der Waals surface area contributed by atoms with Gasteiger partial charge in [-0.25, -0.2) is 8.78 Å². The van der Waals surface area contributed by atoms with Gasteiger partial charge in [0.05, 0.1) is 6.42 Å². The molecule has 0 spiro atoms. The molecule has 0 unspecified atom stereocenters. The Morgan fingerprint density at radius 2 is 1.78 bits per heavy atom. The lowest BCUT2D eigenvalue weighted by Crippen LogP contribution is -2.17. The first-order valence-electron chi connectivity index (χ1n) is 6.21. The SMILES string of the molecule is O=C(O)Cc1cc(F)c(-c2cccc(OC(F)(F)F)c2)cc1F. The molecule has 122 valence electrons. The highest BCUT2D eigenvalue weighted by molar-refractivity contribution is 5.72. The van der Waals surface area contributed by atoms with E-state index >= 15 is 0 Å². The minimum atomic E-state index is -4.91. The highest BCUT2D eigenvalue weighted by Gasteiger charge is 2.31. The van der Waals surface area contributed by atoms with Crippen molar-refractivity contribution in [1.29, 1.82) is 0 Å². The lowest BCUT2D eigenvalue weighted by Gasteiger charge is -2.11. The first-order chi connectivity index (χ1) is 10.7. The lowest BCUT2D eigenvalue weighted by molar-refractivity contribution is -0.274. The molecule has 0 aromatic heterocycles. The van der Waals surface area contributed by atoms with Crippen LogP contribution in [0, 0.1) is 11.6 Å². The van der Waals surface area contributed by atoms with Crippen molar-refractivity contribution in [1.82, 2.24) is 0 Å². The highest BCUT2D eigenvalue weighted by Crippen LogP contribution is 2.30. The van der Waals surface area contributed by atoms with E-state index < -0.39 is 36.1 Å². The van der Waals surface area contributed by atoms with E-state index in [1.54, 1.807) is 0 Å². The van der Waals surface area contributed by atoms with E-state index in [1.807, 2.05) is 0 Å². The number of hydrogen-bond acceptors (Lipinski definition) is 2. The summed E-state index contributed by atoms with van der Waals surface area (Å²) in [5.74, 6) is -3.83. The van der Waals surface area contributed by atoms with E-state index in [2.05, 4.69) is 4.74 Å². The fourth-order valence-electron chi connectivity index (χ4n) is 1.97. The second-order valence-corrected chi connectivity index (χ2v) is 4.57. The number of benzene rings is 2. The van der Waals surface area contributed by atoms with Gasteiger partial charge < -0.3 is 9.84 Å². The van der Waals surface area contributed by atoms with Gasteiger partial charge in [-0.3, -0.25) is 4.79 Å². The molecule has 2 rings (SSSR count). The van der Waals surface area contributed by atoms with Crippen LogP contribution in [0.4, 0.5) is 22.0 Å². The van der Waals surface area contributed by atoms with Crippen LogP contribution < -0.4 is 4.74 Å². The summed E-state index contributed by atoms with van der Waals surface area (Å²) in [6.45, 7) is 0. The van der Waals surface area contributed by atoms with Gasteiger partial charge in [0.2, 0.25) is 0 Å². The quantitative estimate of drug-likeness (QED) is 0.855. The molecule has 2 aromatic carbocycles. The summed E-state index contributed by atoms with van der Waals surface area (Å²) in [6, 6.07) is 5.83. The maximum absolute atomic E-state index is 14.0. The molecule has 0 saturated carbocycles. The first kappa shape index (κ1) is 16.7. The largest absolute Gasteiger partial charge is 0.573 e. The minimum Gasteiger partial charge on any atom is -0.481 e. The standard InChI is InChI=1S/C15H9F5O3/c16-12-7-11(13(17)5-9(12)6-14(21)22)8-2-1-3-10(4-8)23-15(18,19)20/h1-5,7H,6H2,(H,21,22). The van der Waals surface area contributed by atoms with E-state index in [0.717, 1.165) is 18.2 Å². The highest BCUT2D eigenvalue weighted by atomic mass is 19.4. The molecule has 8 heteroatoms. The van der Waals surface area contributed by atoms with Crippen molar-refractivity contribution in [3.63, 3.8) is 0 Å². The van der Waals surface area contributed by atoms with Gasteiger partial charge in [-0.1, -0.05) is 12.1 Å². The molecule has 0 amide bonds. The van der Waals surface area contributed by atoms with Crippen molar-refractivity contribution in [2.24, 2.45) is 0 Å². The molecular weight excluding hydrogens is 323 g/mol. The van der Waals surface area contributed by atoms with Gasteiger partial charge in [-0.2, -0.15) is 0 Å². The molecule has 23 heavy (non-hydrogen) atoms. The van der Waals surface area contributed by atoms with Crippen molar-refractivity contribution in [2.45, 2.75) is 12.8 Å². The zero-order chi connectivity index (χ0) is 17.2. The monoisotopic (exact) mass is 332 g/mol. The fourth-order valence-corrected chi connectivity index (χ4v) is 1.97. The summed E-state index contributed by atoms with van der Waals surface area (Å²) in [7, 11) is 0. The minimum absolute atomic E-state index is 0.0370. The average molecular weight is 332 g/mol. The molecule has 0 aliphatic heterocycles. The maximum atomic E-state index is 14.0. The lowest BCUT2D eigenvalue weighted by atomic mass is 10.0. The Labute approximate surface area is 126 Å². The molecule has 0 radical (unpaired) electrons. The number of carbonyl (C=O) groups is 1. The zero-order valence-electron chi connectivity index (χ0n) is 11.3. The van der Waals surface area contributed by atoms with Gasteiger partial charge in [0.25, 0.3) is 0 Å². The van der Waals surface area contributed by atoms with Crippen molar-refractivity contribution in [3.05, 3.63) is 53.6 Å². The molecule has 0 aliphatic rings. The topological polar surface area (TPSA) is 46.5 Å². The Bertz CT molecular complexity index is 740. The molecule has 0 bridgehead atoms. The van der Waals surface area contributed by atoms with Crippen LogP contribution >= 0.6 is 0 Å². The van der Waals surface area contributed by atoms with Gasteiger partial charge in [-0.15, -0.1) is 13.2 Å².